The van der Waals surface area contributed by atoms with Gasteiger partial charge in [0.25, 0.3) is 5.91 Å². The molecule has 4 aromatic rings. The van der Waals surface area contributed by atoms with E-state index in [4.69, 9.17) is 14.7 Å². The maximum Gasteiger partial charge on any atom is 0.255 e. The monoisotopic (exact) mass is 596 g/mol. The second kappa shape index (κ2) is 12.9. The molecule has 0 fully saturated rings. The highest BCUT2D eigenvalue weighted by molar-refractivity contribution is 6.09. The van der Waals surface area contributed by atoms with Gasteiger partial charge in [-0.25, -0.2) is 4.98 Å². The molecular weight excluding hydrogens is 564 g/mol. The van der Waals surface area contributed by atoms with Crippen LogP contribution in [0.3, 0.4) is 0 Å². The molecule has 6 rings (SSSR count). The summed E-state index contributed by atoms with van der Waals surface area (Å²) in [6.45, 7) is 2.06. The van der Waals surface area contributed by atoms with Gasteiger partial charge in [-0.1, -0.05) is 42.5 Å². The van der Waals surface area contributed by atoms with Gasteiger partial charge in [-0.3, -0.25) is 9.59 Å². The van der Waals surface area contributed by atoms with E-state index in [-0.39, 0.29) is 24.2 Å². The van der Waals surface area contributed by atoms with E-state index in [0.717, 1.165) is 22.4 Å². The molecule has 2 unspecified atom stereocenters. The van der Waals surface area contributed by atoms with Crippen molar-refractivity contribution >= 4 is 17.5 Å². The molecule has 1 aromatic heterocycles. The van der Waals surface area contributed by atoms with Crippen molar-refractivity contribution in [2.45, 2.75) is 38.2 Å². The number of dihydropyridines is 1. The van der Waals surface area contributed by atoms with Crippen molar-refractivity contribution in [3.63, 3.8) is 0 Å². The van der Waals surface area contributed by atoms with Crippen LogP contribution >= 0.6 is 0 Å². The van der Waals surface area contributed by atoms with Crippen LogP contribution in [-0.4, -0.2) is 23.8 Å². The number of hydrogen-bond acceptors (Lipinski definition) is 7. The summed E-state index contributed by atoms with van der Waals surface area (Å²) < 4.78 is 11.7. The maximum absolute atomic E-state index is 14.1. The summed E-state index contributed by atoms with van der Waals surface area (Å²) in [5.74, 6) is 0.738. The second-order valence-electron chi connectivity index (χ2n) is 11.1. The number of aromatic nitrogens is 1. The topological polar surface area (TPSA) is 113 Å². The number of allylic oxidation sites excluding steroid dienone is 3. The van der Waals surface area contributed by atoms with Gasteiger partial charge < -0.3 is 20.1 Å². The number of rotatable bonds is 8. The third-order valence-corrected chi connectivity index (χ3v) is 8.27. The minimum absolute atomic E-state index is 0.00411. The minimum Gasteiger partial charge on any atom is -0.496 e. The van der Waals surface area contributed by atoms with Gasteiger partial charge in [0, 0.05) is 46.6 Å². The molecule has 1 amide bonds. The first kappa shape index (κ1) is 29.4. The van der Waals surface area contributed by atoms with E-state index in [2.05, 4.69) is 33.8 Å². The number of anilines is 1. The third-order valence-electron chi connectivity index (χ3n) is 8.27. The van der Waals surface area contributed by atoms with Gasteiger partial charge in [-0.15, -0.1) is 0 Å². The smallest absolute Gasteiger partial charge is 0.255 e. The average Bonchev–Trinajstić information content (AvgIpc) is 3.07. The van der Waals surface area contributed by atoms with E-state index in [1.165, 1.54) is 0 Å². The highest BCUT2D eigenvalue weighted by atomic mass is 16.5. The van der Waals surface area contributed by atoms with E-state index < -0.39 is 5.92 Å². The quantitative estimate of drug-likeness (QED) is 0.237. The van der Waals surface area contributed by atoms with Crippen molar-refractivity contribution in [3.8, 4) is 17.6 Å². The summed E-state index contributed by atoms with van der Waals surface area (Å²) >= 11 is 0. The Balaban J connectivity index is 1.40. The molecule has 2 N–H and O–H groups in total. The zero-order chi connectivity index (χ0) is 31.3. The Morgan fingerprint density at radius 3 is 2.49 bits per heavy atom. The summed E-state index contributed by atoms with van der Waals surface area (Å²) in [6.07, 6.45) is 2.62. The molecule has 0 saturated heterocycles. The lowest BCUT2D eigenvalue weighted by Gasteiger charge is -2.37. The fourth-order valence-electron chi connectivity index (χ4n) is 6.13. The van der Waals surface area contributed by atoms with Crippen LogP contribution in [-0.2, 0) is 16.2 Å². The number of carbonyl (C=O) groups excluding carboxylic acids is 2. The van der Waals surface area contributed by atoms with E-state index in [0.29, 0.717) is 52.6 Å². The molecule has 0 bridgehead atoms. The molecule has 8 heteroatoms. The molecule has 224 valence electrons. The van der Waals surface area contributed by atoms with Crippen LogP contribution in [0.25, 0.3) is 0 Å². The van der Waals surface area contributed by atoms with Gasteiger partial charge in [0.15, 0.2) is 5.78 Å². The van der Waals surface area contributed by atoms with Crippen molar-refractivity contribution in [3.05, 3.63) is 142 Å². The molecule has 8 nitrogen and oxygen atoms in total. The molecule has 2 atom stereocenters. The van der Waals surface area contributed by atoms with Gasteiger partial charge in [-0.05, 0) is 78.9 Å². The summed E-state index contributed by atoms with van der Waals surface area (Å²) in [5, 5.41) is 15.5. The molecule has 3 aromatic carbocycles. The maximum atomic E-state index is 14.1. The number of benzene rings is 3. The zero-order valence-corrected chi connectivity index (χ0v) is 25.0. The normalized spacial score (nSPS) is 17.6. The van der Waals surface area contributed by atoms with Gasteiger partial charge in [0.1, 0.15) is 23.9 Å². The lowest BCUT2D eigenvalue weighted by atomic mass is 9.71. The Bertz CT molecular complexity index is 1840. The second-order valence-corrected chi connectivity index (χ2v) is 11.1. The molecule has 45 heavy (non-hydrogen) atoms. The zero-order valence-electron chi connectivity index (χ0n) is 25.0. The van der Waals surface area contributed by atoms with Crippen molar-refractivity contribution in [2.75, 3.05) is 12.4 Å². The Labute approximate surface area is 262 Å². The number of amides is 1. The largest absolute Gasteiger partial charge is 0.496 e. The number of nitrogens with zero attached hydrogens (tertiary/aromatic N) is 2. The van der Waals surface area contributed by atoms with Crippen LogP contribution in [0.2, 0.25) is 0 Å². The van der Waals surface area contributed by atoms with E-state index >= 15 is 0 Å². The first-order valence-electron chi connectivity index (χ1n) is 14.8. The lowest BCUT2D eigenvalue weighted by Crippen LogP contribution is -2.37. The van der Waals surface area contributed by atoms with Crippen LogP contribution in [0, 0.1) is 11.3 Å². The van der Waals surface area contributed by atoms with E-state index in [1.54, 1.807) is 55.8 Å². The highest BCUT2D eigenvalue weighted by Crippen LogP contribution is 2.46. The summed E-state index contributed by atoms with van der Waals surface area (Å²) in [5.41, 5.74) is 5.76. The van der Waals surface area contributed by atoms with Crippen LogP contribution in [0.15, 0.2) is 120 Å². The predicted octanol–water partition coefficient (Wildman–Crippen LogP) is 6.54. The molecule has 1 aliphatic carbocycles. The summed E-state index contributed by atoms with van der Waals surface area (Å²) in [4.78, 5) is 32.3. The van der Waals surface area contributed by atoms with Crippen molar-refractivity contribution in [1.82, 2.24) is 10.3 Å². The van der Waals surface area contributed by atoms with Crippen LogP contribution in [0.4, 0.5) is 5.82 Å². The van der Waals surface area contributed by atoms with Crippen LogP contribution in [0.5, 0.6) is 11.5 Å². The van der Waals surface area contributed by atoms with E-state index in [1.807, 2.05) is 43.3 Å². The summed E-state index contributed by atoms with van der Waals surface area (Å²) in [6, 6.07) is 30.1. The Morgan fingerprint density at radius 2 is 1.78 bits per heavy atom. The number of carbonyl (C=O) groups is 2. The van der Waals surface area contributed by atoms with Crippen LogP contribution < -0.4 is 20.1 Å². The Kier molecular flexibility index (Phi) is 8.43. The fraction of sp³-hybridized carbons (Fsp3) is 0.189. The lowest BCUT2D eigenvalue weighted by molar-refractivity contribution is -0.116. The van der Waals surface area contributed by atoms with Crippen LogP contribution in [0.1, 0.15) is 53.9 Å². The minimum atomic E-state index is -0.617. The molecular formula is C37H32N4O4. The molecule has 0 saturated carbocycles. The van der Waals surface area contributed by atoms with Gasteiger partial charge in [0.2, 0.25) is 0 Å². The SMILES string of the molecule is COc1ccc(C2C(C(=O)Nc3ccccn3)=C(C)NC3=C2C(=O)CC(c2ccccc2)C3)cc1COc1ccc(C#N)cc1. The number of hydrogen-bond donors (Lipinski definition) is 2. The number of Topliss-reactive ketones (excluding diaryl/α,β-unsaturated/α-hetero) is 1. The van der Waals surface area contributed by atoms with Crippen molar-refractivity contribution in [1.29, 1.82) is 5.26 Å². The highest BCUT2D eigenvalue weighted by Gasteiger charge is 2.41. The van der Waals surface area contributed by atoms with E-state index in [9.17, 15) is 9.59 Å². The predicted molar refractivity (Wildman–Crippen MR) is 170 cm³/mol. The van der Waals surface area contributed by atoms with Gasteiger partial charge in [-0.2, -0.15) is 5.26 Å². The number of nitrogens with one attached hydrogen (secondary N) is 2. The number of ketones is 1. The number of ether oxygens (including phenoxy) is 2. The Morgan fingerprint density at radius 1 is 1.00 bits per heavy atom. The average molecular weight is 597 g/mol. The fourth-order valence-corrected chi connectivity index (χ4v) is 6.13. The standard InChI is InChI=1S/C37H32N4O4/c1-23-34(37(43)41-33-10-6-7-17-39-33)35(36-30(40-23)19-27(20-31(36)42)25-8-4-3-5-9-25)26-13-16-32(44-2)28(18-26)22-45-29-14-11-24(21-38)12-15-29/h3-18,27,35,40H,19-20,22H2,1-2H3,(H,39,41,43). The number of methoxy groups -OCH3 is 1. The molecule has 2 heterocycles. The number of pyridine rings is 1. The first-order valence-corrected chi connectivity index (χ1v) is 14.8. The molecule has 0 spiro atoms. The van der Waals surface area contributed by atoms with Crippen molar-refractivity contribution in [2.24, 2.45) is 0 Å². The molecule has 0 radical (unpaired) electrons. The Hall–Kier alpha value is -5.68. The molecule has 1 aliphatic heterocycles. The van der Waals surface area contributed by atoms with Gasteiger partial charge >= 0.3 is 0 Å². The third kappa shape index (κ3) is 6.20. The van der Waals surface area contributed by atoms with Crippen molar-refractivity contribution < 1.29 is 19.1 Å². The van der Waals surface area contributed by atoms with Gasteiger partial charge in [0.05, 0.1) is 18.7 Å². The number of nitriles is 1. The first-order chi connectivity index (χ1) is 21.9. The molecule has 2 aliphatic rings. The summed E-state index contributed by atoms with van der Waals surface area (Å²) in [7, 11) is 1.59.